The minimum Gasteiger partial charge on any atom is -0.484 e. The second kappa shape index (κ2) is 8.77. The molecule has 0 spiro atoms. The van der Waals surface area contributed by atoms with Gasteiger partial charge in [0.15, 0.2) is 6.61 Å². The smallest absolute Gasteiger partial charge is 0.259 e. The van der Waals surface area contributed by atoms with Crippen LogP contribution in [0.2, 0.25) is 0 Å². The van der Waals surface area contributed by atoms with Crippen LogP contribution in [0.25, 0.3) is 17.1 Å². The molecule has 0 radical (unpaired) electrons. The van der Waals surface area contributed by atoms with Crippen LogP contribution in [0, 0.1) is 0 Å². The van der Waals surface area contributed by atoms with Crippen molar-refractivity contribution in [1.29, 1.82) is 0 Å². The van der Waals surface area contributed by atoms with E-state index < -0.39 is 0 Å². The molecule has 1 aromatic heterocycles. The van der Waals surface area contributed by atoms with Crippen molar-refractivity contribution in [3.05, 3.63) is 66.5 Å². The van der Waals surface area contributed by atoms with Gasteiger partial charge in [0.2, 0.25) is 5.91 Å². The van der Waals surface area contributed by atoms with Gasteiger partial charge in [-0.1, -0.05) is 12.1 Å². The number of likely N-dealkylation sites (N-methyl/N-ethyl adjacent to an activating group) is 1. The first-order chi connectivity index (χ1) is 13.5. The monoisotopic (exact) mass is 376 g/mol. The lowest BCUT2D eigenvalue weighted by molar-refractivity contribution is -0.130. The van der Waals surface area contributed by atoms with Crippen molar-refractivity contribution in [2.24, 2.45) is 0 Å². The fraction of sp³-hybridized carbons (Fsp3) is 0.143. The molecule has 0 atom stereocenters. The highest BCUT2D eigenvalue weighted by Crippen LogP contribution is 2.16. The Morgan fingerprint density at radius 3 is 2.50 bits per heavy atom. The number of benzene rings is 2. The van der Waals surface area contributed by atoms with E-state index in [9.17, 15) is 9.59 Å². The Hall–Kier alpha value is -3.74. The summed E-state index contributed by atoms with van der Waals surface area (Å²) < 4.78 is 5.40. The Morgan fingerprint density at radius 1 is 1.07 bits per heavy atom. The SMILES string of the molecule is CN(C)C(=O)COc1ccc(NC(=O)/C=C/c2cnc3ccccc3n2)cc1. The highest BCUT2D eigenvalue weighted by Gasteiger charge is 2.05. The average molecular weight is 376 g/mol. The molecule has 2 amide bonds. The van der Waals surface area contributed by atoms with E-state index in [0.29, 0.717) is 17.1 Å². The Kier molecular flexibility index (Phi) is 5.96. The van der Waals surface area contributed by atoms with Gasteiger partial charge in [-0.05, 0) is 42.5 Å². The Morgan fingerprint density at radius 2 is 1.79 bits per heavy atom. The molecular weight excluding hydrogens is 356 g/mol. The number of anilines is 1. The number of ether oxygens (including phenoxy) is 1. The van der Waals surface area contributed by atoms with Crippen molar-refractivity contribution in [3.63, 3.8) is 0 Å². The molecule has 28 heavy (non-hydrogen) atoms. The van der Waals surface area contributed by atoms with Crippen LogP contribution in [0.5, 0.6) is 5.75 Å². The van der Waals surface area contributed by atoms with Crippen molar-refractivity contribution in [2.45, 2.75) is 0 Å². The zero-order valence-electron chi connectivity index (χ0n) is 15.6. The number of rotatable bonds is 6. The lowest BCUT2D eigenvalue weighted by Crippen LogP contribution is -2.27. The normalized spacial score (nSPS) is 10.8. The summed E-state index contributed by atoms with van der Waals surface area (Å²) in [6.45, 7) is -0.0335. The molecule has 0 saturated heterocycles. The Labute approximate surface area is 162 Å². The third-order valence-corrected chi connectivity index (χ3v) is 3.86. The summed E-state index contributed by atoms with van der Waals surface area (Å²) in [4.78, 5) is 33.8. The van der Waals surface area contributed by atoms with E-state index in [0.717, 1.165) is 11.0 Å². The molecule has 3 rings (SSSR count). The van der Waals surface area contributed by atoms with Gasteiger partial charge in [-0.15, -0.1) is 0 Å². The van der Waals surface area contributed by atoms with Gasteiger partial charge in [-0.25, -0.2) is 4.98 Å². The molecule has 0 aliphatic carbocycles. The molecule has 3 aromatic rings. The van der Waals surface area contributed by atoms with Crippen LogP contribution >= 0.6 is 0 Å². The predicted molar refractivity (Wildman–Crippen MR) is 108 cm³/mol. The molecule has 0 unspecified atom stereocenters. The van der Waals surface area contributed by atoms with Crippen molar-refractivity contribution in [1.82, 2.24) is 14.9 Å². The number of carbonyl (C=O) groups is 2. The maximum Gasteiger partial charge on any atom is 0.259 e. The van der Waals surface area contributed by atoms with Crippen LogP contribution < -0.4 is 10.1 Å². The number of hydrogen-bond acceptors (Lipinski definition) is 5. The molecule has 0 aliphatic heterocycles. The van der Waals surface area contributed by atoms with Crippen molar-refractivity contribution in [3.8, 4) is 5.75 Å². The number of hydrogen-bond donors (Lipinski definition) is 1. The van der Waals surface area contributed by atoms with Crippen molar-refractivity contribution in [2.75, 3.05) is 26.0 Å². The van der Waals surface area contributed by atoms with Crippen LogP contribution in [-0.2, 0) is 9.59 Å². The molecule has 1 heterocycles. The lowest BCUT2D eigenvalue weighted by atomic mass is 10.3. The van der Waals surface area contributed by atoms with E-state index in [-0.39, 0.29) is 18.4 Å². The molecule has 2 aromatic carbocycles. The summed E-state index contributed by atoms with van der Waals surface area (Å²) in [7, 11) is 3.34. The van der Waals surface area contributed by atoms with E-state index in [2.05, 4.69) is 15.3 Å². The molecule has 7 nitrogen and oxygen atoms in total. The molecule has 7 heteroatoms. The Bertz CT molecular complexity index is 1010. The number of carbonyl (C=O) groups excluding carboxylic acids is 2. The highest BCUT2D eigenvalue weighted by atomic mass is 16.5. The third kappa shape index (κ3) is 5.14. The van der Waals surface area contributed by atoms with Gasteiger partial charge in [0, 0.05) is 25.9 Å². The van der Waals surface area contributed by atoms with E-state index in [1.54, 1.807) is 50.6 Å². The van der Waals surface area contributed by atoms with Crippen LogP contribution in [0.15, 0.2) is 60.8 Å². The van der Waals surface area contributed by atoms with Gasteiger partial charge < -0.3 is 15.0 Å². The fourth-order valence-corrected chi connectivity index (χ4v) is 2.31. The first kappa shape index (κ1) is 19.0. The molecular formula is C21H20N4O3. The van der Waals surface area contributed by atoms with Crippen molar-refractivity contribution < 1.29 is 14.3 Å². The van der Waals surface area contributed by atoms with E-state index in [4.69, 9.17) is 4.74 Å². The topological polar surface area (TPSA) is 84.4 Å². The second-order valence-electron chi connectivity index (χ2n) is 6.21. The zero-order valence-corrected chi connectivity index (χ0v) is 15.6. The molecule has 0 aliphatic rings. The minimum atomic E-state index is -0.286. The number of aromatic nitrogens is 2. The summed E-state index contributed by atoms with van der Waals surface area (Å²) in [6, 6.07) is 14.3. The minimum absolute atomic E-state index is 0.0335. The summed E-state index contributed by atoms with van der Waals surface area (Å²) in [5.74, 6) is 0.140. The van der Waals surface area contributed by atoms with Gasteiger partial charge in [-0.3, -0.25) is 14.6 Å². The van der Waals surface area contributed by atoms with Gasteiger partial charge in [0.25, 0.3) is 5.91 Å². The quantitative estimate of drug-likeness (QED) is 0.669. The molecule has 1 N–H and O–H groups in total. The van der Waals surface area contributed by atoms with E-state index in [1.165, 1.54) is 11.0 Å². The number of nitrogens with one attached hydrogen (secondary N) is 1. The Balaban J connectivity index is 1.56. The van der Waals surface area contributed by atoms with Crippen LogP contribution in [0.1, 0.15) is 5.69 Å². The predicted octanol–water partition coefficient (Wildman–Crippen LogP) is 2.75. The van der Waals surface area contributed by atoms with E-state index in [1.807, 2.05) is 24.3 Å². The van der Waals surface area contributed by atoms with Crippen molar-refractivity contribution >= 4 is 34.6 Å². The van der Waals surface area contributed by atoms with E-state index >= 15 is 0 Å². The number of para-hydroxylation sites is 2. The largest absolute Gasteiger partial charge is 0.484 e. The summed E-state index contributed by atoms with van der Waals surface area (Å²) in [5, 5.41) is 2.76. The molecule has 0 saturated carbocycles. The standard InChI is InChI=1S/C21H20N4O3/c1-25(2)21(27)14-28-17-10-7-15(8-11-17)24-20(26)12-9-16-13-22-18-5-3-4-6-19(18)23-16/h3-13H,14H2,1-2H3,(H,24,26)/b12-9+. The van der Waals surface area contributed by atoms with Crippen LogP contribution in [-0.4, -0.2) is 47.4 Å². The average Bonchev–Trinajstić information content (AvgIpc) is 2.71. The number of nitrogens with zero attached hydrogens (tertiary/aromatic N) is 3. The summed E-state index contributed by atoms with van der Waals surface area (Å²) in [5.41, 5.74) is 2.79. The fourth-order valence-electron chi connectivity index (χ4n) is 2.31. The lowest BCUT2D eigenvalue weighted by Gasteiger charge is -2.11. The molecule has 0 bridgehead atoms. The van der Waals surface area contributed by atoms with Gasteiger partial charge >= 0.3 is 0 Å². The van der Waals surface area contributed by atoms with Gasteiger partial charge in [0.1, 0.15) is 5.75 Å². The first-order valence-corrected chi connectivity index (χ1v) is 8.65. The molecule has 142 valence electrons. The third-order valence-electron chi connectivity index (χ3n) is 3.86. The molecule has 0 fully saturated rings. The summed E-state index contributed by atoms with van der Waals surface area (Å²) >= 11 is 0. The maximum absolute atomic E-state index is 12.1. The van der Waals surface area contributed by atoms with Gasteiger partial charge in [-0.2, -0.15) is 0 Å². The highest BCUT2D eigenvalue weighted by molar-refractivity contribution is 6.01. The number of amides is 2. The van der Waals surface area contributed by atoms with Gasteiger partial charge in [0.05, 0.1) is 22.9 Å². The zero-order chi connectivity index (χ0) is 19.9. The number of fused-ring (bicyclic) bond motifs is 1. The first-order valence-electron chi connectivity index (χ1n) is 8.65. The van der Waals surface area contributed by atoms with Crippen LogP contribution in [0.4, 0.5) is 5.69 Å². The van der Waals surface area contributed by atoms with Crippen LogP contribution in [0.3, 0.4) is 0 Å². The second-order valence-corrected chi connectivity index (χ2v) is 6.21. The maximum atomic E-state index is 12.1. The summed E-state index contributed by atoms with van der Waals surface area (Å²) in [6.07, 6.45) is 4.63.